The molecule has 3 N–H and O–H groups in total. The number of urea groups is 1. The van der Waals surface area contributed by atoms with Gasteiger partial charge in [-0.05, 0) is 134 Å². The minimum Gasteiger partial charge on any atom is -0.364 e. The van der Waals surface area contributed by atoms with Crippen LogP contribution in [0.15, 0.2) is 42.5 Å². The summed E-state index contributed by atoms with van der Waals surface area (Å²) in [4.78, 5) is 18.3. The summed E-state index contributed by atoms with van der Waals surface area (Å²) in [5, 5.41) is 23.1. The Bertz CT molecular complexity index is 1460. The summed E-state index contributed by atoms with van der Waals surface area (Å²) in [6.45, 7) is 23.3. The van der Waals surface area contributed by atoms with E-state index < -0.39 is 6.29 Å². The largest absolute Gasteiger partial charge is 0.364 e. The smallest absolute Gasteiger partial charge is 0.317 e. The number of amides is 2. The first-order valence-corrected chi connectivity index (χ1v) is 19.2. The Morgan fingerprint density at radius 3 is 2.21 bits per heavy atom. The average molecular weight is 658 g/mol. The Morgan fingerprint density at radius 2 is 1.56 bits per heavy atom. The predicted molar refractivity (Wildman–Crippen MR) is 194 cm³/mol. The van der Waals surface area contributed by atoms with Gasteiger partial charge in [0.15, 0.2) is 6.29 Å². The number of hydrogen-bond donors (Lipinski definition) is 3. The quantitative estimate of drug-likeness (QED) is 0.226. The maximum Gasteiger partial charge on any atom is 0.317 e. The number of nitrogens with one attached hydrogen (secondary N) is 1. The highest BCUT2D eigenvalue weighted by atomic mass is 16.5. The number of aliphatic hydroxyl groups is 2. The molecule has 5 fully saturated rings. The second kappa shape index (κ2) is 11.7. The second-order valence-electron chi connectivity index (χ2n) is 18.6. The maximum atomic E-state index is 13.9. The van der Waals surface area contributed by atoms with E-state index in [9.17, 15) is 15.0 Å². The third-order valence-corrected chi connectivity index (χ3v) is 16.3. The van der Waals surface area contributed by atoms with Crippen LogP contribution in [0.2, 0.25) is 0 Å². The molecule has 5 aliphatic carbocycles. The molecule has 0 bridgehead atoms. The van der Waals surface area contributed by atoms with Crippen LogP contribution in [0.4, 0.5) is 4.79 Å². The molecule has 1 aliphatic heterocycles. The van der Waals surface area contributed by atoms with Crippen molar-refractivity contribution < 1.29 is 15.0 Å². The zero-order valence-corrected chi connectivity index (χ0v) is 30.9. The van der Waals surface area contributed by atoms with Gasteiger partial charge in [-0.15, -0.1) is 0 Å². The summed E-state index contributed by atoms with van der Waals surface area (Å²) in [5.74, 6) is 2.78. The van der Waals surface area contributed by atoms with Crippen molar-refractivity contribution in [3.8, 4) is 0 Å². The van der Waals surface area contributed by atoms with Gasteiger partial charge in [0.1, 0.15) is 0 Å². The van der Waals surface area contributed by atoms with E-state index in [0.717, 1.165) is 51.9 Å². The van der Waals surface area contributed by atoms with Crippen LogP contribution < -0.4 is 5.32 Å². The van der Waals surface area contributed by atoms with E-state index in [0.29, 0.717) is 35.2 Å². The molecule has 6 nitrogen and oxygen atoms in total. The minimum atomic E-state index is -1.43. The van der Waals surface area contributed by atoms with Crippen LogP contribution in [0, 0.1) is 51.2 Å². The van der Waals surface area contributed by atoms with Crippen molar-refractivity contribution >= 4 is 11.6 Å². The van der Waals surface area contributed by atoms with Gasteiger partial charge in [0, 0.05) is 37.3 Å². The van der Waals surface area contributed by atoms with E-state index in [4.69, 9.17) is 0 Å². The highest BCUT2D eigenvalue weighted by molar-refractivity contribution is 5.75. The third-order valence-electron chi connectivity index (χ3n) is 16.3. The molecule has 2 amide bonds. The van der Waals surface area contributed by atoms with E-state index >= 15 is 0 Å². The second-order valence-corrected chi connectivity index (χ2v) is 18.6. The Labute approximate surface area is 290 Å². The number of allylic oxidation sites excluding steroid dienone is 3. The number of carbonyl (C=O) groups is 1. The molecular formula is C42H63N3O3. The lowest BCUT2D eigenvalue weighted by Gasteiger charge is -2.72. The number of fused-ring (bicyclic) bond motifs is 7. The monoisotopic (exact) mass is 657 g/mol. The lowest BCUT2D eigenvalue weighted by atomic mass is 9.33. The van der Waals surface area contributed by atoms with Crippen LogP contribution in [-0.4, -0.2) is 64.8 Å². The molecule has 6 heteroatoms. The fraction of sp³-hybridized carbons (Fsp3) is 0.738. The maximum absolute atomic E-state index is 13.9. The van der Waals surface area contributed by atoms with Gasteiger partial charge in [-0.25, -0.2) is 4.79 Å². The van der Waals surface area contributed by atoms with E-state index in [1.54, 1.807) is 0 Å². The Morgan fingerprint density at radius 1 is 0.875 bits per heavy atom. The van der Waals surface area contributed by atoms with Gasteiger partial charge >= 0.3 is 6.03 Å². The van der Waals surface area contributed by atoms with E-state index in [2.05, 4.69) is 88.5 Å². The fourth-order valence-electron chi connectivity index (χ4n) is 13.6. The van der Waals surface area contributed by atoms with Crippen LogP contribution in [0.3, 0.4) is 0 Å². The van der Waals surface area contributed by atoms with Crippen LogP contribution in [-0.2, 0) is 0 Å². The Hall–Kier alpha value is -2.15. The van der Waals surface area contributed by atoms with Crippen LogP contribution in [0.25, 0.3) is 5.57 Å². The zero-order chi connectivity index (χ0) is 34.4. The number of aliphatic hydroxyl groups excluding tert-OH is 1. The first-order chi connectivity index (χ1) is 22.6. The summed E-state index contributed by atoms with van der Waals surface area (Å²) in [6, 6.07) is 8.06. The molecule has 1 aromatic carbocycles. The van der Waals surface area contributed by atoms with E-state index in [1.165, 1.54) is 48.8 Å². The zero-order valence-electron chi connectivity index (χ0n) is 30.9. The van der Waals surface area contributed by atoms with E-state index in [-0.39, 0.29) is 33.2 Å². The van der Waals surface area contributed by atoms with Crippen molar-refractivity contribution in [1.82, 2.24) is 15.1 Å². The molecule has 1 saturated heterocycles. The van der Waals surface area contributed by atoms with Crippen molar-refractivity contribution in [3.05, 3.63) is 53.6 Å². The SMILES string of the molecule is C=C(C)C1CCC2(NC(=O)N3CCN(C)CC3)CCC3(C)C(CCC4C5(C)CC=C(c6ccc(C(O)O)cc6)C(C)(C)C5CCC43C)C12. The van der Waals surface area contributed by atoms with Crippen molar-refractivity contribution in [2.75, 3.05) is 33.2 Å². The lowest BCUT2D eigenvalue weighted by Crippen LogP contribution is -2.69. The molecular weight excluding hydrogens is 594 g/mol. The number of rotatable bonds is 4. The van der Waals surface area contributed by atoms with Crippen LogP contribution in [0.5, 0.6) is 0 Å². The summed E-state index contributed by atoms with van der Waals surface area (Å²) >= 11 is 0. The molecule has 1 aromatic rings. The van der Waals surface area contributed by atoms with Gasteiger partial charge < -0.3 is 25.3 Å². The molecule has 0 spiro atoms. The number of likely N-dealkylation sites (N-methyl/N-ethyl adjacent to an activating group) is 1. The standard InChI is InChI=1S/C42H63N3O3/c1-27(2)30-15-20-42(43-37(48)45-25-23-44(8)24-26-45)22-21-40(6)32(35(30)42)13-14-34-39(5)18-16-31(28-9-11-29(12-10-28)36(46)47)38(3,4)33(39)17-19-41(34,40)7/h9-12,16,30,32-36,46-47H,1,13-15,17-26H2,2-8H3,(H,43,48). The normalized spacial score (nSPS) is 42.2. The highest BCUT2D eigenvalue weighted by Gasteiger charge is 2.70. The minimum absolute atomic E-state index is 0.0250. The van der Waals surface area contributed by atoms with Gasteiger partial charge in [-0.1, -0.05) is 77.1 Å². The van der Waals surface area contributed by atoms with E-state index in [1.807, 2.05) is 12.1 Å². The van der Waals surface area contributed by atoms with Gasteiger partial charge in [0.25, 0.3) is 0 Å². The molecule has 0 aromatic heterocycles. The molecule has 9 unspecified atom stereocenters. The van der Waals surface area contributed by atoms with Crippen molar-refractivity contribution in [2.24, 2.45) is 51.2 Å². The molecule has 264 valence electrons. The topological polar surface area (TPSA) is 76.0 Å². The average Bonchev–Trinajstić information content (AvgIpc) is 3.41. The van der Waals surface area contributed by atoms with Gasteiger partial charge in [0.2, 0.25) is 0 Å². The Balaban J connectivity index is 1.19. The van der Waals surface area contributed by atoms with Crippen LogP contribution in [0.1, 0.15) is 117 Å². The molecule has 0 radical (unpaired) electrons. The number of carbonyl (C=O) groups excluding carboxylic acids is 1. The van der Waals surface area contributed by atoms with Crippen molar-refractivity contribution in [1.29, 1.82) is 0 Å². The predicted octanol–water partition coefficient (Wildman–Crippen LogP) is 8.03. The number of nitrogens with zero attached hydrogens (tertiary/aromatic N) is 2. The third kappa shape index (κ3) is 4.93. The lowest BCUT2D eigenvalue weighted by molar-refractivity contribution is -0.218. The molecule has 1 heterocycles. The first kappa shape index (κ1) is 34.3. The molecule has 6 aliphatic rings. The Kier molecular flexibility index (Phi) is 8.36. The van der Waals surface area contributed by atoms with Gasteiger partial charge in [-0.3, -0.25) is 0 Å². The summed E-state index contributed by atoms with van der Waals surface area (Å²) in [7, 11) is 2.15. The van der Waals surface area contributed by atoms with Gasteiger partial charge in [-0.2, -0.15) is 0 Å². The molecule has 7 rings (SSSR count). The van der Waals surface area contributed by atoms with Crippen molar-refractivity contribution in [3.63, 3.8) is 0 Å². The summed E-state index contributed by atoms with van der Waals surface area (Å²) in [5.41, 5.74) is 5.09. The molecule has 48 heavy (non-hydrogen) atoms. The van der Waals surface area contributed by atoms with Gasteiger partial charge in [0.05, 0.1) is 0 Å². The fourth-order valence-corrected chi connectivity index (χ4v) is 13.6. The summed E-state index contributed by atoms with van der Waals surface area (Å²) in [6.07, 6.45) is 11.8. The highest BCUT2D eigenvalue weighted by Crippen LogP contribution is 2.76. The number of benzene rings is 1. The molecule has 9 atom stereocenters. The summed E-state index contributed by atoms with van der Waals surface area (Å²) < 4.78 is 0. The van der Waals surface area contributed by atoms with Crippen molar-refractivity contribution in [2.45, 2.75) is 111 Å². The first-order valence-electron chi connectivity index (χ1n) is 19.2. The van der Waals surface area contributed by atoms with Crippen LogP contribution >= 0.6 is 0 Å². The molecule has 4 saturated carbocycles. The number of piperazine rings is 1. The number of hydrogen-bond acceptors (Lipinski definition) is 4.